The lowest BCUT2D eigenvalue weighted by molar-refractivity contribution is -0.384. The van der Waals surface area contributed by atoms with E-state index in [4.69, 9.17) is 0 Å². The maximum atomic E-state index is 13.2. The van der Waals surface area contributed by atoms with Gasteiger partial charge in [0.2, 0.25) is 0 Å². The lowest BCUT2D eigenvalue weighted by Gasteiger charge is -2.32. The minimum Gasteiger partial charge on any atom is -0.626 e. The SMILES string of the molecule is CC1c2ccc([N+](=O)[O-])cc2CN=[S+]1([O-])c1ccccc1. The van der Waals surface area contributed by atoms with E-state index in [9.17, 15) is 14.7 Å². The molecule has 0 aliphatic carbocycles. The van der Waals surface area contributed by atoms with E-state index in [-0.39, 0.29) is 17.5 Å². The van der Waals surface area contributed by atoms with Crippen LogP contribution in [0.1, 0.15) is 23.3 Å². The minimum absolute atomic E-state index is 0.0456. The van der Waals surface area contributed by atoms with Crippen molar-refractivity contribution in [2.75, 3.05) is 0 Å². The van der Waals surface area contributed by atoms with Crippen LogP contribution < -0.4 is 0 Å². The van der Waals surface area contributed by atoms with Gasteiger partial charge in [0.25, 0.3) is 5.69 Å². The fraction of sp³-hybridized carbons (Fsp3) is 0.200. The highest BCUT2D eigenvalue weighted by atomic mass is 32.3. The Bertz CT molecular complexity index is 759. The van der Waals surface area contributed by atoms with Gasteiger partial charge in [-0.25, -0.2) is 0 Å². The molecule has 1 heterocycles. The maximum Gasteiger partial charge on any atom is 0.269 e. The molecule has 0 fully saturated rings. The topological polar surface area (TPSA) is 78.6 Å². The molecule has 2 aromatic rings. The molecule has 0 aromatic heterocycles. The second-order valence-corrected chi connectivity index (χ2v) is 7.53. The third kappa shape index (κ3) is 2.26. The number of benzene rings is 2. The number of nitro groups is 1. The highest BCUT2D eigenvalue weighted by molar-refractivity contribution is 8.00. The molecular weight excluding hydrogens is 288 g/mol. The molecule has 3 rings (SSSR count). The van der Waals surface area contributed by atoms with E-state index in [1.807, 2.05) is 37.3 Å². The van der Waals surface area contributed by atoms with Crippen LogP contribution in [0.25, 0.3) is 0 Å². The number of hydrogen-bond acceptors (Lipinski definition) is 4. The molecule has 6 heteroatoms. The summed E-state index contributed by atoms with van der Waals surface area (Å²) in [6, 6.07) is 13.9. The van der Waals surface area contributed by atoms with Crippen LogP contribution in [-0.4, -0.2) is 9.48 Å². The molecule has 0 bridgehead atoms. The van der Waals surface area contributed by atoms with Crippen molar-refractivity contribution < 1.29 is 9.48 Å². The summed E-state index contributed by atoms with van der Waals surface area (Å²) >= 11 is 0. The second-order valence-electron chi connectivity index (χ2n) is 4.95. The average Bonchev–Trinajstić information content (AvgIpc) is 2.51. The van der Waals surface area contributed by atoms with E-state index in [1.165, 1.54) is 12.1 Å². The third-order valence-electron chi connectivity index (χ3n) is 3.76. The van der Waals surface area contributed by atoms with Crippen LogP contribution in [-0.2, 0) is 16.7 Å². The summed E-state index contributed by atoms with van der Waals surface area (Å²) in [5.41, 5.74) is 1.71. The van der Waals surface area contributed by atoms with Gasteiger partial charge in [0.15, 0.2) is 0 Å². The Kier molecular flexibility index (Phi) is 3.35. The quantitative estimate of drug-likeness (QED) is 0.482. The summed E-state index contributed by atoms with van der Waals surface area (Å²) in [6.07, 6.45) is 0. The summed E-state index contributed by atoms with van der Waals surface area (Å²) < 4.78 is 17.6. The summed E-state index contributed by atoms with van der Waals surface area (Å²) in [6.45, 7) is 2.11. The summed E-state index contributed by atoms with van der Waals surface area (Å²) in [5.74, 6) is 0. The van der Waals surface area contributed by atoms with Crippen LogP contribution in [0.5, 0.6) is 0 Å². The summed E-state index contributed by atoms with van der Waals surface area (Å²) in [7, 11) is -2.54. The van der Waals surface area contributed by atoms with Crippen molar-refractivity contribution >= 4 is 15.8 Å². The number of nitrogens with zero attached hydrogens (tertiary/aromatic N) is 2. The molecule has 0 N–H and O–H groups in total. The zero-order chi connectivity index (χ0) is 15.0. The van der Waals surface area contributed by atoms with Gasteiger partial charge in [0.05, 0.1) is 4.92 Å². The Morgan fingerprint density at radius 3 is 2.62 bits per heavy atom. The average molecular weight is 302 g/mol. The van der Waals surface area contributed by atoms with Crippen molar-refractivity contribution in [1.82, 2.24) is 0 Å². The molecule has 2 unspecified atom stereocenters. The van der Waals surface area contributed by atoms with Gasteiger partial charge in [-0.3, -0.25) is 10.1 Å². The van der Waals surface area contributed by atoms with Gasteiger partial charge in [0.1, 0.15) is 16.7 Å². The highest BCUT2D eigenvalue weighted by Gasteiger charge is 2.33. The fourth-order valence-electron chi connectivity index (χ4n) is 2.58. The van der Waals surface area contributed by atoms with E-state index < -0.39 is 15.0 Å². The van der Waals surface area contributed by atoms with Gasteiger partial charge in [-0.2, -0.15) is 0 Å². The molecule has 0 saturated heterocycles. The van der Waals surface area contributed by atoms with Gasteiger partial charge < -0.3 is 4.55 Å². The molecule has 2 atom stereocenters. The molecule has 0 saturated carbocycles. The second kappa shape index (κ2) is 5.05. The lowest BCUT2D eigenvalue weighted by Crippen LogP contribution is -2.24. The van der Waals surface area contributed by atoms with Crippen molar-refractivity contribution in [3.05, 3.63) is 69.8 Å². The first-order valence-electron chi connectivity index (χ1n) is 6.56. The van der Waals surface area contributed by atoms with Crippen LogP contribution in [0.2, 0.25) is 0 Å². The number of non-ortho nitro benzene ring substituents is 1. The molecular formula is C15H14N2O3S. The molecule has 5 nitrogen and oxygen atoms in total. The van der Waals surface area contributed by atoms with Crippen molar-refractivity contribution in [2.45, 2.75) is 23.6 Å². The van der Waals surface area contributed by atoms with Crippen molar-refractivity contribution in [3.8, 4) is 0 Å². The number of rotatable bonds is 2. The first-order valence-corrected chi connectivity index (χ1v) is 8.14. The Morgan fingerprint density at radius 1 is 1.24 bits per heavy atom. The third-order valence-corrected chi connectivity index (χ3v) is 6.43. The molecule has 0 amide bonds. The molecule has 2 aromatic carbocycles. The van der Waals surface area contributed by atoms with Crippen molar-refractivity contribution in [2.24, 2.45) is 4.36 Å². The zero-order valence-electron chi connectivity index (χ0n) is 11.4. The zero-order valence-corrected chi connectivity index (χ0v) is 12.2. The normalized spacial score (nSPS) is 24.0. The molecule has 0 radical (unpaired) electrons. The van der Waals surface area contributed by atoms with Gasteiger partial charge in [-0.15, -0.1) is 4.36 Å². The molecule has 1 aliphatic heterocycles. The molecule has 21 heavy (non-hydrogen) atoms. The monoisotopic (exact) mass is 302 g/mol. The van der Waals surface area contributed by atoms with Crippen molar-refractivity contribution in [1.29, 1.82) is 0 Å². The van der Waals surface area contributed by atoms with E-state index >= 15 is 0 Å². The highest BCUT2D eigenvalue weighted by Crippen LogP contribution is 2.41. The number of nitro benzene ring substituents is 1. The first-order chi connectivity index (χ1) is 10.0. The smallest absolute Gasteiger partial charge is 0.269 e. The van der Waals surface area contributed by atoms with E-state index in [0.29, 0.717) is 4.90 Å². The number of fused-ring (bicyclic) bond motifs is 1. The largest absolute Gasteiger partial charge is 0.626 e. The fourth-order valence-corrected chi connectivity index (χ4v) is 4.82. The number of hydrogen-bond donors (Lipinski definition) is 0. The van der Waals surface area contributed by atoms with Crippen molar-refractivity contribution in [3.63, 3.8) is 0 Å². The molecule has 108 valence electrons. The Hall–Kier alpha value is -2.05. The summed E-state index contributed by atoms with van der Waals surface area (Å²) in [5, 5.41) is 10.5. The Balaban J connectivity index is 2.09. The van der Waals surface area contributed by atoms with E-state index in [1.54, 1.807) is 6.07 Å². The van der Waals surface area contributed by atoms with E-state index in [0.717, 1.165) is 11.1 Å². The molecule has 0 spiro atoms. The summed E-state index contributed by atoms with van der Waals surface area (Å²) in [4.78, 5) is 11.1. The predicted molar refractivity (Wildman–Crippen MR) is 80.5 cm³/mol. The van der Waals surface area contributed by atoms with E-state index in [2.05, 4.69) is 4.36 Å². The van der Waals surface area contributed by atoms with Crippen LogP contribution in [0.3, 0.4) is 0 Å². The Morgan fingerprint density at radius 2 is 1.95 bits per heavy atom. The maximum absolute atomic E-state index is 13.2. The standard InChI is InChI=1S/C15H14N2O3S/c1-11-15-8-7-13(17(18)19)9-12(15)10-16-21(11,20)14-5-3-2-4-6-14/h2-9,11H,10H2,1H3. The van der Waals surface area contributed by atoms with Gasteiger partial charge in [-0.05, 0) is 40.8 Å². The van der Waals surface area contributed by atoms with Gasteiger partial charge in [0, 0.05) is 17.7 Å². The Labute approximate surface area is 123 Å². The van der Waals surface area contributed by atoms with Crippen LogP contribution >= 0.6 is 0 Å². The van der Waals surface area contributed by atoms with Gasteiger partial charge in [-0.1, -0.05) is 18.2 Å². The minimum atomic E-state index is -2.54. The first kappa shape index (κ1) is 13.9. The molecule has 1 aliphatic rings. The van der Waals surface area contributed by atoms with Crippen LogP contribution in [0.15, 0.2) is 57.8 Å². The van der Waals surface area contributed by atoms with Crippen LogP contribution in [0.4, 0.5) is 5.69 Å². The van der Waals surface area contributed by atoms with Crippen LogP contribution in [0, 0.1) is 10.1 Å². The van der Waals surface area contributed by atoms with Gasteiger partial charge >= 0.3 is 0 Å². The lowest BCUT2D eigenvalue weighted by atomic mass is 10.0. The predicted octanol–water partition coefficient (Wildman–Crippen LogP) is 3.70.